The van der Waals surface area contributed by atoms with Gasteiger partial charge in [-0.1, -0.05) is 34.6 Å². The molecule has 11 atom stereocenters. The van der Waals surface area contributed by atoms with E-state index in [2.05, 4.69) is 41.5 Å². The predicted molar refractivity (Wildman–Crippen MR) is 151 cm³/mol. The van der Waals surface area contributed by atoms with Crippen LogP contribution in [-0.2, 0) is 19.1 Å². The smallest absolute Gasteiger partial charge is 0.317 e. The molecular formula is C33H54O7. The van der Waals surface area contributed by atoms with E-state index in [4.69, 9.17) is 14.6 Å². The number of aliphatic hydroxyl groups is 2. The number of aliphatic carboxylic acids is 1. The number of esters is 1. The Balaban J connectivity index is 1.41. The van der Waals surface area contributed by atoms with Crippen molar-refractivity contribution < 1.29 is 34.4 Å². The highest BCUT2D eigenvalue weighted by atomic mass is 16.5. The lowest BCUT2D eigenvalue weighted by molar-refractivity contribution is -0.251. The van der Waals surface area contributed by atoms with Crippen molar-refractivity contribution in [3.05, 3.63) is 0 Å². The van der Waals surface area contributed by atoms with E-state index in [-0.39, 0.29) is 51.3 Å². The van der Waals surface area contributed by atoms with Crippen LogP contribution in [0.25, 0.3) is 0 Å². The van der Waals surface area contributed by atoms with E-state index < -0.39 is 30.1 Å². The number of fused-ring (bicyclic) bond motifs is 5. The first-order chi connectivity index (χ1) is 18.3. The van der Waals surface area contributed by atoms with Crippen molar-refractivity contribution >= 4 is 11.9 Å². The van der Waals surface area contributed by atoms with E-state index in [9.17, 15) is 19.8 Å². The summed E-state index contributed by atoms with van der Waals surface area (Å²) >= 11 is 0. The minimum atomic E-state index is -1.15. The molecule has 0 amide bonds. The maximum absolute atomic E-state index is 12.3. The fraction of sp³-hybridized carbons (Fsp3) is 0.939. The number of ether oxygens (including phenoxy) is 2. The lowest BCUT2D eigenvalue weighted by atomic mass is 9.35. The molecule has 1 aliphatic heterocycles. The van der Waals surface area contributed by atoms with Crippen molar-refractivity contribution in [2.75, 3.05) is 0 Å². The highest BCUT2D eigenvalue weighted by Gasteiger charge is 2.72. The zero-order chi connectivity index (χ0) is 29.7. The van der Waals surface area contributed by atoms with E-state index in [1.54, 1.807) is 0 Å². The minimum absolute atomic E-state index is 0.000972. The number of hydrogen-bond acceptors (Lipinski definition) is 6. The number of rotatable bonds is 5. The lowest BCUT2D eigenvalue weighted by Crippen LogP contribution is -2.66. The fourth-order valence-electron chi connectivity index (χ4n) is 11.6. The van der Waals surface area contributed by atoms with E-state index in [1.807, 2.05) is 13.8 Å². The summed E-state index contributed by atoms with van der Waals surface area (Å²) in [5.41, 5.74) is -1.42. The van der Waals surface area contributed by atoms with E-state index >= 15 is 0 Å². The van der Waals surface area contributed by atoms with Crippen LogP contribution >= 0.6 is 0 Å². The molecule has 0 spiro atoms. The van der Waals surface area contributed by atoms with Gasteiger partial charge in [0.05, 0.1) is 23.4 Å². The van der Waals surface area contributed by atoms with Crippen LogP contribution in [0.1, 0.15) is 120 Å². The maximum atomic E-state index is 12.3. The highest BCUT2D eigenvalue weighted by molar-refractivity contribution is 5.90. The molecule has 0 aromatic carbocycles. The first-order valence-electron chi connectivity index (χ1n) is 15.8. The van der Waals surface area contributed by atoms with Crippen molar-refractivity contribution in [3.63, 3.8) is 0 Å². The van der Waals surface area contributed by atoms with Crippen LogP contribution < -0.4 is 0 Å². The Hall–Kier alpha value is -1.18. The van der Waals surface area contributed by atoms with Gasteiger partial charge >= 0.3 is 11.9 Å². The summed E-state index contributed by atoms with van der Waals surface area (Å²) in [5, 5.41) is 31.8. The van der Waals surface area contributed by atoms with Crippen LogP contribution in [0.2, 0.25) is 0 Å². The average molecular weight is 563 g/mol. The molecule has 5 aliphatic rings. The Morgan fingerprint density at radius 1 is 0.900 bits per heavy atom. The summed E-state index contributed by atoms with van der Waals surface area (Å²) < 4.78 is 12.5. The van der Waals surface area contributed by atoms with Crippen LogP contribution in [0.5, 0.6) is 0 Å². The van der Waals surface area contributed by atoms with Gasteiger partial charge in [0, 0.05) is 5.41 Å². The number of carboxylic acids is 1. The first-order valence-corrected chi connectivity index (χ1v) is 15.8. The van der Waals surface area contributed by atoms with Gasteiger partial charge in [0.15, 0.2) is 0 Å². The summed E-state index contributed by atoms with van der Waals surface area (Å²) in [6.45, 7) is 17.7. The molecule has 5 rings (SSSR count). The molecule has 11 unspecified atom stereocenters. The van der Waals surface area contributed by atoms with Crippen molar-refractivity contribution in [1.29, 1.82) is 0 Å². The van der Waals surface area contributed by atoms with Gasteiger partial charge in [0.25, 0.3) is 0 Å². The second-order valence-corrected chi connectivity index (χ2v) is 16.5. The molecule has 4 aliphatic carbocycles. The molecular weight excluding hydrogens is 508 g/mol. The molecule has 0 aromatic heterocycles. The molecule has 4 saturated carbocycles. The molecule has 7 heteroatoms. The van der Waals surface area contributed by atoms with Crippen molar-refractivity contribution in [1.82, 2.24) is 0 Å². The molecule has 228 valence electrons. The largest absolute Gasteiger partial charge is 0.481 e. The van der Waals surface area contributed by atoms with Gasteiger partial charge < -0.3 is 24.8 Å². The lowest BCUT2D eigenvalue weighted by Gasteiger charge is -2.70. The Kier molecular flexibility index (Phi) is 7.12. The zero-order valence-electron chi connectivity index (χ0n) is 26.1. The molecule has 5 fully saturated rings. The molecule has 1 heterocycles. The normalized spacial score (nSPS) is 50.0. The molecule has 7 nitrogen and oxygen atoms in total. The van der Waals surface area contributed by atoms with Gasteiger partial charge in [0.2, 0.25) is 0 Å². The number of hydrogen-bond donors (Lipinski definition) is 3. The molecule has 0 aromatic rings. The monoisotopic (exact) mass is 562 g/mol. The van der Waals surface area contributed by atoms with Crippen LogP contribution in [0.3, 0.4) is 0 Å². The van der Waals surface area contributed by atoms with Crippen LogP contribution in [0, 0.1) is 45.3 Å². The van der Waals surface area contributed by atoms with Gasteiger partial charge in [-0.2, -0.15) is 0 Å². The van der Waals surface area contributed by atoms with Gasteiger partial charge in [-0.05, 0) is 118 Å². The van der Waals surface area contributed by atoms with Gasteiger partial charge in [-0.3, -0.25) is 9.59 Å². The summed E-state index contributed by atoms with van der Waals surface area (Å²) in [6, 6.07) is 0. The third-order valence-electron chi connectivity index (χ3n) is 13.8. The number of carbonyl (C=O) groups excluding carboxylic acids is 1. The molecule has 1 saturated heterocycles. The Morgan fingerprint density at radius 3 is 2.15 bits per heavy atom. The van der Waals surface area contributed by atoms with Crippen molar-refractivity contribution in [2.45, 2.75) is 149 Å². The van der Waals surface area contributed by atoms with Gasteiger partial charge in [-0.25, -0.2) is 0 Å². The maximum Gasteiger partial charge on any atom is 0.317 e. The predicted octanol–water partition coefficient (Wildman–Crippen LogP) is 5.74. The number of carbonyl (C=O) groups is 2. The fourth-order valence-corrected chi connectivity index (χ4v) is 11.6. The van der Waals surface area contributed by atoms with Crippen LogP contribution in [0.4, 0.5) is 0 Å². The van der Waals surface area contributed by atoms with Crippen molar-refractivity contribution in [2.24, 2.45) is 45.3 Å². The number of carboxylic acid groups (broad SMARTS) is 1. The van der Waals surface area contributed by atoms with Gasteiger partial charge in [0.1, 0.15) is 12.5 Å². The average Bonchev–Trinajstić information content (AvgIpc) is 3.40. The Labute approximate surface area is 240 Å². The summed E-state index contributed by atoms with van der Waals surface area (Å²) in [7, 11) is 0. The SMILES string of the molecule is CC(C)(O)C1CCC(C)(C2CCC3(C)C2C(O)CC2C4(C)CCC(OC(=O)CC(=O)O)C(C)(C)C4CCC23C)O1. The zero-order valence-corrected chi connectivity index (χ0v) is 26.1. The standard InChI is InChI=1S/C33H54O7/c1-28(2)21-10-15-31(6)22(30(21,5)13-11-23(28)39-26(37)18-25(35)36)17-20(34)27-19(9-14-32(27,31)7)33(8)16-12-24(40-33)29(3,4)38/h19-24,27,34,38H,9-18H2,1-8H3,(H,35,36). The van der Waals surface area contributed by atoms with E-state index in [0.717, 1.165) is 57.8 Å². The topological polar surface area (TPSA) is 113 Å². The van der Waals surface area contributed by atoms with Crippen molar-refractivity contribution in [3.8, 4) is 0 Å². The highest BCUT2D eigenvalue weighted by Crippen LogP contribution is 2.76. The molecule has 40 heavy (non-hydrogen) atoms. The minimum Gasteiger partial charge on any atom is -0.481 e. The first kappa shape index (κ1) is 30.3. The third kappa shape index (κ3) is 4.30. The molecule has 0 bridgehead atoms. The Bertz CT molecular complexity index is 1030. The Morgan fingerprint density at radius 2 is 1.55 bits per heavy atom. The van der Waals surface area contributed by atoms with E-state index in [0.29, 0.717) is 11.8 Å². The summed E-state index contributed by atoms with van der Waals surface area (Å²) in [5.74, 6) is -0.694. The molecule has 0 radical (unpaired) electrons. The van der Waals surface area contributed by atoms with Crippen LogP contribution in [0.15, 0.2) is 0 Å². The second-order valence-electron chi connectivity index (χ2n) is 16.5. The summed E-state index contributed by atoms with van der Waals surface area (Å²) in [6.07, 6.45) is 6.97. The molecule has 3 N–H and O–H groups in total. The third-order valence-corrected chi connectivity index (χ3v) is 13.8. The summed E-state index contributed by atoms with van der Waals surface area (Å²) in [4.78, 5) is 23.4. The van der Waals surface area contributed by atoms with Gasteiger partial charge in [-0.15, -0.1) is 0 Å². The van der Waals surface area contributed by atoms with Crippen LogP contribution in [-0.4, -0.2) is 56.8 Å². The second kappa shape index (κ2) is 9.41. The quantitative estimate of drug-likeness (QED) is 0.289. The number of aliphatic hydroxyl groups excluding tert-OH is 1. The van der Waals surface area contributed by atoms with E-state index in [1.165, 1.54) is 0 Å².